The third kappa shape index (κ3) is 4.43. The van der Waals surface area contributed by atoms with Crippen LogP contribution in [0.4, 0.5) is 0 Å². The molecule has 0 spiro atoms. The van der Waals surface area contributed by atoms with Gasteiger partial charge in [0.1, 0.15) is 0 Å². The molecule has 0 aromatic carbocycles. The van der Waals surface area contributed by atoms with Gasteiger partial charge >= 0.3 is 0 Å². The van der Waals surface area contributed by atoms with Crippen LogP contribution in [0.2, 0.25) is 0 Å². The molecular weight excluding hydrogens is 116 g/mol. The highest BCUT2D eigenvalue weighted by Gasteiger charge is 2.06. The third-order valence-corrected chi connectivity index (χ3v) is 0.983. The summed E-state index contributed by atoms with van der Waals surface area (Å²) in [7, 11) is 0. The fourth-order valence-corrected chi connectivity index (χ4v) is 0.606. The Kier molecular flexibility index (Phi) is 5.99. The van der Waals surface area contributed by atoms with Crippen molar-refractivity contribution in [3.63, 3.8) is 0 Å². The van der Waals surface area contributed by atoms with Gasteiger partial charge in [0.25, 0.3) is 0 Å². The Morgan fingerprint density at radius 3 is 2.11 bits per heavy atom. The van der Waals surface area contributed by atoms with Gasteiger partial charge in [0, 0.05) is 0 Å². The normalized spacial score (nSPS) is 26.3. The Bertz CT molecular complexity index is 48.9. The summed E-state index contributed by atoms with van der Waals surface area (Å²) in [4.78, 5) is 0. The zero-order valence-electron chi connectivity index (χ0n) is 6.52. The molecule has 0 N–H and O–H groups in total. The molecule has 56 valence electrons. The molecule has 0 amide bonds. The SMILES string of the molecule is CC.CC1COCCO1. The third-order valence-electron chi connectivity index (χ3n) is 0.983. The van der Waals surface area contributed by atoms with E-state index in [1.165, 1.54) is 0 Å². The van der Waals surface area contributed by atoms with Crippen molar-refractivity contribution < 1.29 is 9.47 Å². The van der Waals surface area contributed by atoms with Crippen LogP contribution in [0.1, 0.15) is 20.8 Å². The van der Waals surface area contributed by atoms with Crippen LogP contribution in [0.25, 0.3) is 0 Å². The fraction of sp³-hybridized carbons (Fsp3) is 1.00. The molecule has 0 saturated carbocycles. The van der Waals surface area contributed by atoms with E-state index in [0.29, 0.717) is 6.10 Å². The summed E-state index contributed by atoms with van der Waals surface area (Å²) < 4.78 is 10.2. The summed E-state index contributed by atoms with van der Waals surface area (Å²) in [6, 6.07) is 0. The molecule has 1 aliphatic heterocycles. The molecule has 0 radical (unpaired) electrons. The van der Waals surface area contributed by atoms with E-state index in [9.17, 15) is 0 Å². The highest BCUT2D eigenvalue weighted by molar-refractivity contribution is 4.50. The largest absolute Gasteiger partial charge is 0.376 e. The summed E-state index contributed by atoms with van der Waals surface area (Å²) >= 11 is 0. The van der Waals surface area contributed by atoms with Gasteiger partial charge in [-0.2, -0.15) is 0 Å². The number of hydrogen-bond donors (Lipinski definition) is 0. The summed E-state index contributed by atoms with van der Waals surface area (Å²) in [6.07, 6.45) is 0.314. The Morgan fingerprint density at radius 1 is 1.22 bits per heavy atom. The van der Waals surface area contributed by atoms with E-state index in [1.807, 2.05) is 20.8 Å². The lowest BCUT2D eigenvalue weighted by Crippen LogP contribution is -2.25. The first-order valence-electron chi connectivity index (χ1n) is 3.59. The molecule has 1 saturated heterocycles. The predicted molar refractivity (Wildman–Crippen MR) is 37.6 cm³/mol. The number of ether oxygens (including phenoxy) is 2. The van der Waals surface area contributed by atoms with Crippen LogP contribution in [0, 0.1) is 0 Å². The zero-order chi connectivity index (χ0) is 7.11. The maximum atomic E-state index is 5.15. The quantitative estimate of drug-likeness (QED) is 0.496. The van der Waals surface area contributed by atoms with Gasteiger partial charge in [-0.3, -0.25) is 0 Å². The van der Waals surface area contributed by atoms with Crippen molar-refractivity contribution in [2.45, 2.75) is 26.9 Å². The molecule has 0 bridgehead atoms. The van der Waals surface area contributed by atoms with Crippen LogP contribution in [0.3, 0.4) is 0 Å². The minimum absolute atomic E-state index is 0.314. The molecule has 1 heterocycles. The maximum Gasteiger partial charge on any atom is 0.0781 e. The average Bonchev–Trinajstić information content (AvgIpc) is 1.94. The van der Waals surface area contributed by atoms with Crippen molar-refractivity contribution in [3.05, 3.63) is 0 Å². The molecule has 0 aromatic rings. The van der Waals surface area contributed by atoms with Crippen LogP contribution in [-0.4, -0.2) is 25.9 Å². The molecule has 1 atom stereocenters. The second-order valence-electron chi connectivity index (χ2n) is 1.76. The first-order valence-corrected chi connectivity index (χ1v) is 3.59. The first kappa shape index (κ1) is 8.92. The Morgan fingerprint density at radius 2 is 1.89 bits per heavy atom. The van der Waals surface area contributed by atoms with Crippen LogP contribution in [0.5, 0.6) is 0 Å². The average molecular weight is 132 g/mol. The molecule has 2 nitrogen and oxygen atoms in total. The lowest BCUT2D eigenvalue weighted by molar-refractivity contribution is -0.0797. The van der Waals surface area contributed by atoms with E-state index in [2.05, 4.69) is 0 Å². The summed E-state index contributed by atoms with van der Waals surface area (Å²) in [5, 5.41) is 0. The fourth-order valence-electron chi connectivity index (χ4n) is 0.606. The predicted octanol–water partition coefficient (Wildman–Crippen LogP) is 1.45. The van der Waals surface area contributed by atoms with Gasteiger partial charge < -0.3 is 9.47 Å². The summed E-state index contributed by atoms with van der Waals surface area (Å²) in [5.74, 6) is 0. The zero-order valence-corrected chi connectivity index (χ0v) is 6.52. The van der Waals surface area contributed by atoms with E-state index < -0.39 is 0 Å². The molecule has 1 aliphatic rings. The van der Waals surface area contributed by atoms with Crippen molar-refractivity contribution >= 4 is 0 Å². The first-order chi connectivity index (χ1) is 4.39. The molecule has 1 rings (SSSR count). The van der Waals surface area contributed by atoms with Gasteiger partial charge in [-0.1, -0.05) is 13.8 Å². The van der Waals surface area contributed by atoms with Crippen molar-refractivity contribution in [1.82, 2.24) is 0 Å². The standard InChI is InChI=1S/C5H10O2.C2H6/c1-5-4-6-2-3-7-5;1-2/h5H,2-4H2,1H3;1-2H3. The van der Waals surface area contributed by atoms with Gasteiger partial charge in [0.2, 0.25) is 0 Å². The molecule has 0 aromatic heterocycles. The molecule has 2 heteroatoms. The van der Waals surface area contributed by atoms with E-state index in [0.717, 1.165) is 19.8 Å². The minimum atomic E-state index is 0.314. The molecule has 9 heavy (non-hydrogen) atoms. The van der Waals surface area contributed by atoms with Gasteiger partial charge in [0.05, 0.1) is 25.9 Å². The molecule has 1 fully saturated rings. The van der Waals surface area contributed by atoms with Crippen LogP contribution < -0.4 is 0 Å². The Balaban J connectivity index is 0.000000291. The Labute approximate surface area is 57.2 Å². The van der Waals surface area contributed by atoms with Crippen LogP contribution in [0.15, 0.2) is 0 Å². The molecule has 1 unspecified atom stereocenters. The highest BCUT2D eigenvalue weighted by atomic mass is 16.6. The maximum absolute atomic E-state index is 5.15. The van der Waals surface area contributed by atoms with Crippen molar-refractivity contribution in [3.8, 4) is 0 Å². The van der Waals surface area contributed by atoms with Crippen molar-refractivity contribution in [2.75, 3.05) is 19.8 Å². The second-order valence-corrected chi connectivity index (χ2v) is 1.76. The Hall–Kier alpha value is -0.0800. The number of rotatable bonds is 0. The lowest BCUT2D eigenvalue weighted by Gasteiger charge is -2.18. The van der Waals surface area contributed by atoms with Crippen LogP contribution >= 0.6 is 0 Å². The summed E-state index contributed by atoms with van der Waals surface area (Å²) in [6.45, 7) is 8.31. The smallest absolute Gasteiger partial charge is 0.0781 e. The summed E-state index contributed by atoms with van der Waals surface area (Å²) in [5.41, 5.74) is 0. The number of hydrogen-bond acceptors (Lipinski definition) is 2. The van der Waals surface area contributed by atoms with Gasteiger partial charge in [-0.15, -0.1) is 0 Å². The van der Waals surface area contributed by atoms with E-state index in [4.69, 9.17) is 9.47 Å². The van der Waals surface area contributed by atoms with E-state index in [-0.39, 0.29) is 0 Å². The van der Waals surface area contributed by atoms with Crippen molar-refractivity contribution in [2.24, 2.45) is 0 Å². The van der Waals surface area contributed by atoms with E-state index >= 15 is 0 Å². The highest BCUT2D eigenvalue weighted by Crippen LogP contribution is 1.96. The van der Waals surface area contributed by atoms with Gasteiger partial charge in [-0.25, -0.2) is 0 Å². The minimum Gasteiger partial charge on any atom is -0.376 e. The van der Waals surface area contributed by atoms with Crippen LogP contribution in [-0.2, 0) is 9.47 Å². The molecular formula is C7H16O2. The molecule has 0 aliphatic carbocycles. The van der Waals surface area contributed by atoms with Crippen molar-refractivity contribution in [1.29, 1.82) is 0 Å². The monoisotopic (exact) mass is 132 g/mol. The second kappa shape index (κ2) is 6.05. The van der Waals surface area contributed by atoms with Gasteiger partial charge in [-0.05, 0) is 6.92 Å². The van der Waals surface area contributed by atoms with E-state index in [1.54, 1.807) is 0 Å². The topological polar surface area (TPSA) is 18.5 Å². The lowest BCUT2D eigenvalue weighted by atomic mass is 10.4. The van der Waals surface area contributed by atoms with Gasteiger partial charge in [0.15, 0.2) is 0 Å².